The lowest BCUT2D eigenvalue weighted by Gasteiger charge is -2.09. The van der Waals surface area contributed by atoms with Crippen molar-refractivity contribution in [2.24, 2.45) is 7.05 Å². The second kappa shape index (κ2) is 5.21. The van der Waals surface area contributed by atoms with Crippen LogP contribution in [0.4, 0.5) is 5.95 Å². The van der Waals surface area contributed by atoms with Gasteiger partial charge in [0.1, 0.15) is 0 Å². The molecule has 1 aromatic carbocycles. The SMILES string of the molecule is Cc1cn(-c2ccccc2)c(NCc2ccnn2C)n1. The van der Waals surface area contributed by atoms with Crippen LogP contribution in [0.3, 0.4) is 0 Å². The minimum absolute atomic E-state index is 0.694. The molecule has 5 nitrogen and oxygen atoms in total. The normalized spacial score (nSPS) is 10.7. The minimum atomic E-state index is 0.694. The van der Waals surface area contributed by atoms with E-state index in [1.165, 1.54) is 0 Å². The Hall–Kier alpha value is -2.56. The Kier molecular flexibility index (Phi) is 3.25. The Morgan fingerprint density at radius 2 is 1.95 bits per heavy atom. The van der Waals surface area contributed by atoms with E-state index in [-0.39, 0.29) is 0 Å². The Morgan fingerprint density at radius 1 is 1.15 bits per heavy atom. The molecule has 0 aliphatic heterocycles. The third-order valence-electron chi connectivity index (χ3n) is 3.21. The Morgan fingerprint density at radius 3 is 2.65 bits per heavy atom. The van der Waals surface area contributed by atoms with E-state index < -0.39 is 0 Å². The molecule has 102 valence electrons. The molecule has 2 aromatic heterocycles. The lowest BCUT2D eigenvalue weighted by atomic mass is 10.3. The molecule has 0 radical (unpaired) electrons. The highest BCUT2D eigenvalue weighted by Crippen LogP contribution is 2.16. The van der Waals surface area contributed by atoms with Crippen LogP contribution in [0.2, 0.25) is 0 Å². The molecule has 0 atom stereocenters. The highest BCUT2D eigenvalue weighted by atomic mass is 15.3. The zero-order valence-corrected chi connectivity index (χ0v) is 11.6. The summed E-state index contributed by atoms with van der Waals surface area (Å²) in [6, 6.07) is 12.2. The van der Waals surface area contributed by atoms with Gasteiger partial charge in [-0.2, -0.15) is 5.10 Å². The van der Waals surface area contributed by atoms with Crippen LogP contribution >= 0.6 is 0 Å². The first kappa shape index (κ1) is 12.5. The van der Waals surface area contributed by atoms with Crippen LogP contribution in [0.5, 0.6) is 0 Å². The first-order valence-electron chi connectivity index (χ1n) is 6.56. The van der Waals surface area contributed by atoms with Crippen LogP contribution in [0.25, 0.3) is 5.69 Å². The number of anilines is 1. The number of para-hydroxylation sites is 1. The van der Waals surface area contributed by atoms with E-state index in [0.717, 1.165) is 23.0 Å². The summed E-state index contributed by atoms with van der Waals surface area (Å²) in [6.45, 7) is 2.69. The molecule has 0 unspecified atom stereocenters. The number of nitrogens with zero attached hydrogens (tertiary/aromatic N) is 4. The van der Waals surface area contributed by atoms with Gasteiger partial charge in [-0.15, -0.1) is 0 Å². The zero-order chi connectivity index (χ0) is 13.9. The number of nitrogens with one attached hydrogen (secondary N) is 1. The molecule has 3 aromatic rings. The average Bonchev–Trinajstić information content (AvgIpc) is 3.03. The van der Waals surface area contributed by atoms with Crippen molar-refractivity contribution in [1.29, 1.82) is 0 Å². The predicted molar refractivity (Wildman–Crippen MR) is 78.8 cm³/mol. The number of hydrogen-bond acceptors (Lipinski definition) is 3. The highest BCUT2D eigenvalue weighted by Gasteiger charge is 2.07. The smallest absolute Gasteiger partial charge is 0.208 e. The van der Waals surface area contributed by atoms with Crippen LogP contribution in [0.15, 0.2) is 48.8 Å². The molecule has 0 bridgehead atoms. The molecule has 0 aliphatic rings. The summed E-state index contributed by atoms with van der Waals surface area (Å²) < 4.78 is 3.92. The monoisotopic (exact) mass is 267 g/mol. The molecule has 0 amide bonds. The van der Waals surface area contributed by atoms with Gasteiger partial charge in [-0.25, -0.2) is 4.98 Å². The first-order valence-corrected chi connectivity index (χ1v) is 6.56. The lowest BCUT2D eigenvalue weighted by molar-refractivity contribution is 0.718. The number of imidazole rings is 1. The highest BCUT2D eigenvalue weighted by molar-refractivity contribution is 5.43. The Labute approximate surface area is 117 Å². The van der Waals surface area contributed by atoms with Crippen molar-refractivity contribution in [3.63, 3.8) is 0 Å². The Bertz CT molecular complexity index is 696. The van der Waals surface area contributed by atoms with Gasteiger partial charge in [0, 0.05) is 25.1 Å². The first-order chi connectivity index (χ1) is 9.74. The van der Waals surface area contributed by atoms with Gasteiger partial charge >= 0.3 is 0 Å². The fraction of sp³-hybridized carbons (Fsp3) is 0.200. The molecule has 0 aliphatic carbocycles. The van der Waals surface area contributed by atoms with E-state index in [1.807, 2.05) is 49.1 Å². The van der Waals surface area contributed by atoms with E-state index in [0.29, 0.717) is 6.54 Å². The number of aryl methyl sites for hydroxylation is 2. The number of aromatic nitrogens is 4. The zero-order valence-electron chi connectivity index (χ0n) is 11.6. The van der Waals surface area contributed by atoms with Gasteiger partial charge in [-0.05, 0) is 25.1 Å². The summed E-state index contributed by atoms with van der Waals surface area (Å²) >= 11 is 0. The van der Waals surface area contributed by atoms with Gasteiger partial charge in [-0.1, -0.05) is 18.2 Å². The number of hydrogen-bond donors (Lipinski definition) is 1. The third kappa shape index (κ3) is 2.42. The molecule has 5 heteroatoms. The average molecular weight is 267 g/mol. The maximum absolute atomic E-state index is 4.54. The molecule has 1 N–H and O–H groups in total. The molecule has 20 heavy (non-hydrogen) atoms. The molecule has 0 fully saturated rings. The van der Waals surface area contributed by atoms with Crippen LogP contribution in [0, 0.1) is 6.92 Å². The molecule has 0 spiro atoms. The van der Waals surface area contributed by atoms with E-state index in [9.17, 15) is 0 Å². The molecule has 2 heterocycles. The lowest BCUT2D eigenvalue weighted by Crippen LogP contribution is -2.09. The Balaban J connectivity index is 1.85. The van der Waals surface area contributed by atoms with Gasteiger partial charge < -0.3 is 5.32 Å². The van der Waals surface area contributed by atoms with E-state index in [1.54, 1.807) is 6.20 Å². The standard InChI is InChI=1S/C15H17N5/c1-12-11-20(13-6-4-3-5-7-13)15(18-12)16-10-14-8-9-17-19(14)2/h3-9,11H,10H2,1-2H3,(H,16,18). The van der Waals surface area contributed by atoms with E-state index in [4.69, 9.17) is 0 Å². The van der Waals surface area contributed by atoms with Crippen molar-refractivity contribution >= 4 is 5.95 Å². The summed E-state index contributed by atoms with van der Waals surface area (Å²) in [5.41, 5.74) is 3.20. The van der Waals surface area contributed by atoms with Crippen molar-refractivity contribution in [2.75, 3.05) is 5.32 Å². The number of benzene rings is 1. The van der Waals surface area contributed by atoms with Crippen molar-refractivity contribution < 1.29 is 0 Å². The molecule has 3 rings (SSSR count). The van der Waals surface area contributed by atoms with E-state index in [2.05, 4.69) is 32.1 Å². The largest absolute Gasteiger partial charge is 0.350 e. The van der Waals surface area contributed by atoms with Gasteiger partial charge in [0.2, 0.25) is 5.95 Å². The van der Waals surface area contributed by atoms with Crippen LogP contribution in [-0.4, -0.2) is 19.3 Å². The van der Waals surface area contributed by atoms with Gasteiger partial charge in [-0.3, -0.25) is 9.25 Å². The minimum Gasteiger partial charge on any atom is -0.350 e. The van der Waals surface area contributed by atoms with Crippen LogP contribution in [0.1, 0.15) is 11.4 Å². The maximum Gasteiger partial charge on any atom is 0.208 e. The summed E-state index contributed by atoms with van der Waals surface area (Å²) in [4.78, 5) is 4.54. The molecular weight excluding hydrogens is 250 g/mol. The van der Waals surface area contributed by atoms with Gasteiger partial charge in [0.25, 0.3) is 0 Å². The second-order valence-electron chi connectivity index (χ2n) is 4.71. The molecular formula is C15H17N5. The van der Waals surface area contributed by atoms with Crippen molar-refractivity contribution in [3.05, 3.63) is 60.2 Å². The topological polar surface area (TPSA) is 47.7 Å². The fourth-order valence-electron chi connectivity index (χ4n) is 2.15. The second-order valence-corrected chi connectivity index (χ2v) is 4.71. The molecule has 0 saturated heterocycles. The van der Waals surface area contributed by atoms with Gasteiger partial charge in [0.15, 0.2) is 0 Å². The van der Waals surface area contributed by atoms with Crippen molar-refractivity contribution in [1.82, 2.24) is 19.3 Å². The summed E-state index contributed by atoms with van der Waals surface area (Å²) in [7, 11) is 1.94. The van der Waals surface area contributed by atoms with Crippen molar-refractivity contribution in [2.45, 2.75) is 13.5 Å². The van der Waals surface area contributed by atoms with Gasteiger partial charge in [0.05, 0.1) is 17.9 Å². The van der Waals surface area contributed by atoms with Crippen LogP contribution < -0.4 is 5.32 Å². The third-order valence-corrected chi connectivity index (χ3v) is 3.21. The molecule has 0 saturated carbocycles. The maximum atomic E-state index is 4.54. The summed E-state index contributed by atoms with van der Waals surface area (Å²) in [5.74, 6) is 0.843. The quantitative estimate of drug-likeness (QED) is 0.790. The predicted octanol–water partition coefficient (Wildman–Crippen LogP) is 2.53. The number of rotatable bonds is 4. The fourth-order valence-corrected chi connectivity index (χ4v) is 2.15. The van der Waals surface area contributed by atoms with Crippen molar-refractivity contribution in [3.8, 4) is 5.69 Å². The summed E-state index contributed by atoms with van der Waals surface area (Å²) in [5, 5.41) is 7.53. The summed E-state index contributed by atoms with van der Waals surface area (Å²) in [6.07, 6.45) is 3.83. The van der Waals surface area contributed by atoms with E-state index >= 15 is 0 Å². The van der Waals surface area contributed by atoms with Crippen LogP contribution in [-0.2, 0) is 13.6 Å².